The van der Waals surface area contributed by atoms with E-state index in [0.29, 0.717) is 5.92 Å². The molecule has 1 atom stereocenters. The zero-order valence-corrected chi connectivity index (χ0v) is 9.54. The van der Waals surface area contributed by atoms with Crippen molar-refractivity contribution in [2.24, 2.45) is 17.6 Å². The molecular formula is C11H24N2O. The van der Waals surface area contributed by atoms with Crippen molar-refractivity contribution in [3.05, 3.63) is 0 Å². The van der Waals surface area contributed by atoms with Crippen LogP contribution in [-0.2, 0) is 4.74 Å². The van der Waals surface area contributed by atoms with Crippen LogP contribution in [0.5, 0.6) is 0 Å². The Bertz CT molecular complexity index is 144. The predicted octanol–water partition coefficient (Wildman–Crippen LogP) is 0.940. The Labute approximate surface area is 87.6 Å². The van der Waals surface area contributed by atoms with Crippen LogP contribution < -0.4 is 5.73 Å². The van der Waals surface area contributed by atoms with Crippen LogP contribution in [0.4, 0.5) is 0 Å². The summed E-state index contributed by atoms with van der Waals surface area (Å²) in [7, 11) is 4.25. The van der Waals surface area contributed by atoms with Crippen LogP contribution in [0.2, 0.25) is 0 Å². The summed E-state index contributed by atoms with van der Waals surface area (Å²) in [5.74, 6) is 1.50. The van der Waals surface area contributed by atoms with Gasteiger partial charge in [0.05, 0.1) is 0 Å². The third kappa shape index (κ3) is 3.95. The Morgan fingerprint density at radius 2 is 2.00 bits per heavy atom. The monoisotopic (exact) mass is 200 g/mol. The lowest BCUT2D eigenvalue weighted by atomic mass is 9.84. The quantitative estimate of drug-likeness (QED) is 0.718. The average Bonchev–Trinajstić information content (AvgIpc) is 2.20. The predicted molar refractivity (Wildman–Crippen MR) is 59.3 cm³/mol. The summed E-state index contributed by atoms with van der Waals surface area (Å²) < 4.78 is 5.37. The van der Waals surface area contributed by atoms with Crippen LogP contribution in [0.15, 0.2) is 0 Å². The van der Waals surface area contributed by atoms with Crippen LogP contribution in [0.1, 0.15) is 19.3 Å². The number of hydrogen-bond acceptors (Lipinski definition) is 3. The van der Waals surface area contributed by atoms with Crippen molar-refractivity contribution in [1.82, 2.24) is 4.90 Å². The molecule has 0 radical (unpaired) electrons. The number of nitrogens with two attached hydrogens (primary N) is 1. The van der Waals surface area contributed by atoms with Crippen molar-refractivity contribution in [2.45, 2.75) is 19.3 Å². The Balaban J connectivity index is 2.28. The SMILES string of the molecule is CN(C)CCC(CN)C1CCOCC1. The van der Waals surface area contributed by atoms with Gasteiger partial charge in [0.25, 0.3) is 0 Å². The van der Waals surface area contributed by atoms with Crippen LogP contribution >= 0.6 is 0 Å². The van der Waals surface area contributed by atoms with Gasteiger partial charge in [-0.1, -0.05) is 0 Å². The summed E-state index contributed by atoms with van der Waals surface area (Å²) in [5, 5.41) is 0. The zero-order chi connectivity index (χ0) is 10.4. The first-order valence-electron chi connectivity index (χ1n) is 5.66. The van der Waals surface area contributed by atoms with E-state index >= 15 is 0 Å². The number of rotatable bonds is 5. The Hall–Kier alpha value is -0.120. The molecular weight excluding hydrogens is 176 g/mol. The minimum absolute atomic E-state index is 0.696. The van der Waals surface area contributed by atoms with Gasteiger partial charge >= 0.3 is 0 Å². The highest BCUT2D eigenvalue weighted by Crippen LogP contribution is 2.25. The summed E-state index contributed by atoms with van der Waals surface area (Å²) in [6, 6.07) is 0. The zero-order valence-electron chi connectivity index (χ0n) is 9.54. The first kappa shape index (κ1) is 12.0. The normalized spacial score (nSPS) is 21.4. The van der Waals surface area contributed by atoms with Gasteiger partial charge in [-0.05, 0) is 58.3 Å². The Morgan fingerprint density at radius 3 is 2.50 bits per heavy atom. The first-order valence-corrected chi connectivity index (χ1v) is 5.66. The summed E-state index contributed by atoms with van der Waals surface area (Å²) in [6.07, 6.45) is 3.64. The van der Waals surface area contributed by atoms with E-state index in [9.17, 15) is 0 Å². The second kappa shape index (κ2) is 6.38. The fourth-order valence-electron chi connectivity index (χ4n) is 2.16. The van der Waals surface area contributed by atoms with Gasteiger partial charge in [0.2, 0.25) is 0 Å². The molecule has 0 aromatic carbocycles. The van der Waals surface area contributed by atoms with E-state index in [4.69, 9.17) is 10.5 Å². The molecule has 3 nitrogen and oxygen atoms in total. The van der Waals surface area contributed by atoms with Crippen molar-refractivity contribution in [2.75, 3.05) is 40.4 Å². The molecule has 3 heteroatoms. The molecule has 0 aliphatic carbocycles. The van der Waals surface area contributed by atoms with E-state index in [1.807, 2.05) is 0 Å². The fourth-order valence-corrected chi connectivity index (χ4v) is 2.16. The van der Waals surface area contributed by atoms with Crippen molar-refractivity contribution in [3.8, 4) is 0 Å². The van der Waals surface area contributed by atoms with E-state index in [0.717, 1.165) is 32.2 Å². The third-order valence-corrected chi connectivity index (χ3v) is 3.18. The average molecular weight is 200 g/mol. The third-order valence-electron chi connectivity index (χ3n) is 3.18. The maximum atomic E-state index is 5.83. The van der Waals surface area contributed by atoms with Crippen molar-refractivity contribution >= 4 is 0 Å². The first-order chi connectivity index (χ1) is 6.74. The lowest BCUT2D eigenvalue weighted by molar-refractivity contribution is 0.0452. The smallest absolute Gasteiger partial charge is 0.0468 e. The molecule has 1 aliphatic rings. The van der Waals surface area contributed by atoms with Gasteiger partial charge in [-0.25, -0.2) is 0 Å². The van der Waals surface area contributed by atoms with Gasteiger partial charge < -0.3 is 15.4 Å². The van der Waals surface area contributed by atoms with Gasteiger partial charge in [-0.2, -0.15) is 0 Å². The molecule has 1 aliphatic heterocycles. The molecule has 2 N–H and O–H groups in total. The van der Waals surface area contributed by atoms with E-state index in [-0.39, 0.29) is 0 Å². The highest BCUT2D eigenvalue weighted by Gasteiger charge is 2.22. The van der Waals surface area contributed by atoms with E-state index in [2.05, 4.69) is 19.0 Å². The lowest BCUT2D eigenvalue weighted by Crippen LogP contribution is -2.31. The van der Waals surface area contributed by atoms with Crippen LogP contribution in [0, 0.1) is 11.8 Å². The molecule has 84 valence electrons. The lowest BCUT2D eigenvalue weighted by Gasteiger charge is -2.30. The van der Waals surface area contributed by atoms with Gasteiger partial charge in [-0.15, -0.1) is 0 Å². The van der Waals surface area contributed by atoms with Crippen LogP contribution in [0.25, 0.3) is 0 Å². The Morgan fingerprint density at radius 1 is 1.36 bits per heavy atom. The van der Waals surface area contributed by atoms with Crippen molar-refractivity contribution in [3.63, 3.8) is 0 Å². The van der Waals surface area contributed by atoms with Gasteiger partial charge in [0.1, 0.15) is 0 Å². The van der Waals surface area contributed by atoms with Gasteiger partial charge in [0, 0.05) is 13.2 Å². The Kier molecular flexibility index (Phi) is 5.45. The number of nitrogens with zero attached hydrogens (tertiary/aromatic N) is 1. The fraction of sp³-hybridized carbons (Fsp3) is 1.00. The van der Waals surface area contributed by atoms with Crippen molar-refractivity contribution in [1.29, 1.82) is 0 Å². The molecule has 1 fully saturated rings. The van der Waals surface area contributed by atoms with Gasteiger partial charge in [-0.3, -0.25) is 0 Å². The molecule has 14 heavy (non-hydrogen) atoms. The second-order valence-corrected chi connectivity index (χ2v) is 4.54. The molecule has 1 unspecified atom stereocenters. The molecule has 1 heterocycles. The van der Waals surface area contributed by atoms with Crippen molar-refractivity contribution < 1.29 is 4.74 Å². The standard InChI is InChI=1S/C11H24N2O/c1-13(2)6-3-11(9-12)10-4-7-14-8-5-10/h10-11H,3-9,12H2,1-2H3. The van der Waals surface area contributed by atoms with E-state index < -0.39 is 0 Å². The molecule has 1 rings (SSSR count). The maximum absolute atomic E-state index is 5.83. The summed E-state index contributed by atoms with van der Waals surface area (Å²) in [5.41, 5.74) is 5.83. The molecule has 0 spiro atoms. The van der Waals surface area contributed by atoms with E-state index in [1.54, 1.807) is 0 Å². The topological polar surface area (TPSA) is 38.5 Å². The molecule has 0 aromatic rings. The largest absolute Gasteiger partial charge is 0.381 e. The number of ether oxygens (including phenoxy) is 1. The van der Waals surface area contributed by atoms with E-state index in [1.165, 1.54) is 19.3 Å². The molecule has 1 saturated heterocycles. The number of hydrogen-bond donors (Lipinski definition) is 1. The summed E-state index contributed by atoms with van der Waals surface area (Å²) >= 11 is 0. The van der Waals surface area contributed by atoms with Crippen LogP contribution in [-0.4, -0.2) is 45.3 Å². The highest BCUT2D eigenvalue weighted by atomic mass is 16.5. The molecule has 0 saturated carbocycles. The minimum atomic E-state index is 0.696. The van der Waals surface area contributed by atoms with Gasteiger partial charge in [0.15, 0.2) is 0 Å². The molecule has 0 amide bonds. The van der Waals surface area contributed by atoms with Crippen LogP contribution in [0.3, 0.4) is 0 Å². The minimum Gasteiger partial charge on any atom is -0.381 e. The molecule has 0 aromatic heterocycles. The summed E-state index contributed by atoms with van der Waals surface area (Å²) in [6.45, 7) is 3.85. The summed E-state index contributed by atoms with van der Waals surface area (Å²) in [4.78, 5) is 2.24. The maximum Gasteiger partial charge on any atom is 0.0468 e. The second-order valence-electron chi connectivity index (χ2n) is 4.54. The molecule has 0 bridgehead atoms. The highest BCUT2D eigenvalue weighted by molar-refractivity contribution is 4.74.